The number of nitrogens with one attached hydrogen (secondary N) is 1. The van der Waals surface area contributed by atoms with Gasteiger partial charge in [0.15, 0.2) is 5.78 Å². The van der Waals surface area contributed by atoms with Crippen LogP contribution in [-0.4, -0.2) is 39.8 Å². The lowest BCUT2D eigenvalue weighted by Crippen LogP contribution is -2.44. The van der Waals surface area contributed by atoms with E-state index in [0.717, 1.165) is 60.8 Å². The molecule has 3 aromatic carbocycles. The number of benzene rings is 3. The fourth-order valence-corrected chi connectivity index (χ4v) is 7.43. The molecule has 0 radical (unpaired) electrons. The average molecular weight is 615 g/mol. The predicted molar refractivity (Wildman–Crippen MR) is 175 cm³/mol. The topological polar surface area (TPSA) is 54.3 Å². The summed E-state index contributed by atoms with van der Waals surface area (Å²) in [6, 6.07) is 22.1. The maximum atomic E-state index is 13.3. The van der Waals surface area contributed by atoms with Gasteiger partial charge in [0.1, 0.15) is 0 Å². The zero-order chi connectivity index (χ0) is 29.9. The molecule has 1 fully saturated rings. The largest absolute Gasteiger partial charge is 0.348 e. The lowest BCUT2D eigenvalue weighted by atomic mass is 9.85. The van der Waals surface area contributed by atoms with Gasteiger partial charge >= 0.3 is 0 Å². The summed E-state index contributed by atoms with van der Waals surface area (Å²) in [4.78, 5) is 28.9. The van der Waals surface area contributed by atoms with Gasteiger partial charge in [0.25, 0.3) is 5.91 Å². The van der Waals surface area contributed by atoms with Crippen molar-refractivity contribution < 1.29 is 9.59 Å². The summed E-state index contributed by atoms with van der Waals surface area (Å²) in [5, 5.41) is 5.11. The lowest BCUT2D eigenvalue weighted by Gasteiger charge is -2.39. The van der Waals surface area contributed by atoms with E-state index >= 15 is 0 Å². The number of hydrogen-bond acceptors (Lipinski definition) is 3. The SMILES string of the molecule is CCc1cccc2c(C(=O)NCc3ccccc3)cn(CCCN3C4C=C[C@@H]3CC(CC(=O)c3cc(Cl)cc(Cl)c3)C4)c12. The fourth-order valence-electron chi connectivity index (χ4n) is 6.90. The van der Waals surface area contributed by atoms with Gasteiger partial charge in [0.2, 0.25) is 0 Å². The first-order chi connectivity index (χ1) is 20.9. The molecule has 1 aromatic heterocycles. The van der Waals surface area contributed by atoms with Crippen molar-refractivity contribution in [3.8, 4) is 0 Å². The summed E-state index contributed by atoms with van der Waals surface area (Å²) in [5.74, 6) is 0.404. The minimum atomic E-state index is -0.0419. The van der Waals surface area contributed by atoms with Crippen molar-refractivity contribution in [3.63, 3.8) is 0 Å². The number of ketones is 1. The van der Waals surface area contributed by atoms with Crippen LogP contribution in [0.5, 0.6) is 0 Å². The van der Waals surface area contributed by atoms with E-state index in [1.807, 2.05) is 36.5 Å². The van der Waals surface area contributed by atoms with Crippen LogP contribution in [0.2, 0.25) is 10.0 Å². The molecule has 1 N–H and O–H groups in total. The van der Waals surface area contributed by atoms with E-state index in [1.165, 1.54) is 5.56 Å². The van der Waals surface area contributed by atoms with Crippen LogP contribution in [0, 0.1) is 5.92 Å². The van der Waals surface area contributed by atoms with E-state index in [0.29, 0.717) is 46.6 Å². The summed E-state index contributed by atoms with van der Waals surface area (Å²) in [6.07, 6.45) is 11.0. The molecular formula is C36H37Cl2N3O2. The van der Waals surface area contributed by atoms with Crippen molar-refractivity contribution in [2.75, 3.05) is 6.54 Å². The van der Waals surface area contributed by atoms with Gasteiger partial charge in [-0.1, -0.05) is 90.8 Å². The van der Waals surface area contributed by atoms with Gasteiger partial charge in [-0.25, -0.2) is 0 Å². The zero-order valence-electron chi connectivity index (χ0n) is 24.4. The second-order valence-electron chi connectivity index (χ2n) is 11.8. The van der Waals surface area contributed by atoms with E-state index in [-0.39, 0.29) is 11.7 Å². The van der Waals surface area contributed by atoms with Crippen LogP contribution in [0.25, 0.3) is 10.9 Å². The summed E-state index contributed by atoms with van der Waals surface area (Å²) in [7, 11) is 0. The Kier molecular flexibility index (Phi) is 9.03. The number of aromatic nitrogens is 1. The van der Waals surface area contributed by atoms with E-state index in [4.69, 9.17) is 23.2 Å². The Bertz CT molecular complexity index is 1630. The second kappa shape index (κ2) is 13.1. The van der Waals surface area contributed by atoms with Crippen molar-refractivity contribution >= 4 is 45.8 Å². The summed E-state index contributed by atoms with van der Waals surface area (Å²) in [5.41, 5.74) is 4.83. The molecule has 43 heavy (non-hydrogen) atoms. The Labute approximate surface area is 263 Å². The number of nitrogens with zero attached hydrogens (tertiary/aromatic N) is 2. The molecule has 5 nitrogen and oxygen atoms in total. The molecular weight excluding hydrogens is 577 g/mol. The minimum absolute atomic E-state index is 0.0419. The molecule has 222 valence electrons. The normalized spacial score (nSPS) is 19.7. The number of aryl methyl sites for hydroxylation is 2. The number of halogens is 2. The Hall–Kier alpha value is -3.38. The van der Waals surface area contributed by atoms with E-state index in [2.05, 4.69) is 52.1 Å². The van der Waals surface area contributed by atoms with Crippen molar-refractivity contribution in [3.05, 3.63) is 117 Å². The maximum absolute atomic E-state index is 13.3. The highest BCUT2D eigenvalue weighted by Gasteiger charge is 2.37. The Morgan fingerprint density at radius 3 is 2.33 bits per heavy atom. The third-order valence-electron chi connectivity index (χ3n) is 8.93. The van der Waals surface area contributed by atoms with Crippen molar-refractivity contribution in [1.29, 1.82) is 0 Å². The lowest BCUT2D eigenvalue weighted by molar-refractivity contribution is 0.0851. The van der Waals surface area contributed by atoms with Crippen LogP contribution in [0.1, 0.15) is 64.4 Å². The summed E-state index contributed by atoms with van der Waals surface area (Å²) in [6.45, 7) is 4.48. The molecule has 0 saturated carbocycles. The number of Topliss-reactive ketones (excluding diaryl/α,β-unsaturated/α-hetero) is 1. The molecule has 2 aliphatic rings. The third kappa shape index (κ3) is 6.59. The van der Waals surface area contributed by atoms with Crippen LogP contribution in [0.3, 0.4) is 0 Å². The molecule has 2 unspecified atom stereocenters. The molecule has 2 aliphatic heterocycles. The Morgan fingerprint density at radius 1 is 0.907 bits per heavy atom. The molecule has 3 atom stereocenters. The van der Waals surface area contributed by atoms with Crippen LogP contribution >= 0.6 is 23.2 Å². The van der Waals surface area contributed by atoms with Crippen LogP contribution in [0.4, 0.5) is 0 Å². The van der Waals surface area contributed by atoms with Crippen LogP contribution in [-0.2, 0) is 19.5 Å². The molecule has 1 amide bonds. The van der Waals surface area contributed by atoms with Gasteiger partial charge in [-0.15, -0.1) is 0 Å². The van der Waals surface area contributed by atoms with Gasteiger partial charge in [-0.3, -0.25) is 14.5 Å². The number of rotatable bonds is 11. The van der Waals surface area contributed by atoms with Crippen molar-refractivity contribution in [2.45, 2.75) is 64.2 Å². The molecule has 0 spiro atoms. The number of para-hydroxylation sites is 1. The molecule has 2 bridgehead atoms. The first kappa shape index (κ1) is 29.7. The van der Waals surface area contributed by atoms with Crippen molar-refractivity contribution in [2.24, 2.45) is 5.92 Å². The number of hydrogen-bond donors (Lipinski definition) is 1. The quantitative estimate of drug-likeness (QED) is 0.137. The molecule has 3 heterocycles. The van der Waals surface area contributed by atoms with Gasteiger partial charge < -0.3 is 9.88 Å². The van der Waals surface area contributed by atoms with E-state index < -0.39 is 0 Å². The molecule has 0 aliphatic carbocycles. The van der Waals surface area contributed by atoms with Gasteiger partial charge in [0, 0.05) is 65.3 Å². The first-order valence-electron chi connectivity index (χ1n) is 15.3. The summed E-state index contributed by atoms with van der Waals surface area (Å²) < 4.78 is 2.28. The number of piperidine rings is 1. The van der Waals surface area contributed by atoms with Gasteiger partial charge in [0.05, 0.1) is 11.1 Å². The van der Waals surface area contributed by atoms with Crippen LogP contribution in [0.15, 0.2) is 85.1 Å². The van der Waals surface area contributed by atoms with E-state index in [1.54, 1.807) is 18.2 Å². The first-order valence-corrected chi connectivity index (χ1v) is 16.0. The average Bonchev–Trinajstić information content (AvgIpc) is 3.49. The highest BCUT2D eigenvalue weighted by atomic mass is 35.5. The number of carbonyl (C=O) groups is 2. The number of fused-ring (bicyclic) bond motifs is 3. The molecule has 4 aromatic rings. The number of carbonyl (C=O) groups excluding carboxylic acids is 2. The highest BCUT2D eigenvalue weighted by molar-refractivity contribution is 6.35. The minimum Gasteiger partial charge on any atom is -0.348 e. The monoisotopic (exact) mass is 613 g/mol. The van der Waals surface area contributed by atoms with Crippen LogP contribution < -0.4 is 5.32 Å². The predicted octanol–water partition coefficient (Wildman–Crippen LogP) is 8.12. The fraction of sp³-hybridized carbons (Fsp3) is 0.333. The third-order valence-corrected chi connectivity index (χ3v) is 9.37. The highest BCUT2D eigenvalue weighted by Crippen LogP contribution is 2.37. The van der Waals surface area contributed by atoms with Crippen molar-refractivity contribution in [1.82, 2.24) is 14.8 Å². The molecule has 6 rings (SSSR count). The summed E-state index contributed by atoms with van der Waals surface area (Å²) >= 11 is 12.3. The Morgan fingerprint density at radius 2 is 1.63 bits per heavy atom. The zero-order valence-corrected chi connectivity index (χ0v) is 26.0. The standard InChI is InChI=1S/C36H37Cl2N3O2/c1-2-26-10-6-11-32-33(36(43)39-22-24-8-4-3-5-9-24)23-40(35(26)32)14-7-15-41-30-12-13-31(41)17-25(16-30)18-34(42)27-19-28(37)21-29(38)20-27/h3-6,8-13,19-21,23,25,30-31H,2,7,14-18,22H2,1H3,(H,39,43)/t25?,30-,31?/m1/s1. The number of amides is 1. The van der Waals surface area contributed by atoms with E-state index in [9.17, 15) is 9.59 Å². The van der Waals surface area contributed by atoms with Gasteiger partial charge in [-0.2, -0.15) is 0 Å². The maximum Gasteiger partial charge on any atom is 0.253 e. The second-order valence-corrected chi connectivity index (χ2v) is 12.7. The van der Waals surface area contributed by atoms with Gasteiger partial charge in [-0.05, 0) is 60.9 Å². The molecule has 1 saturated heterocycles. The molecule has 7 heteroatoms. The Balaban J connectivity index is 1.09. The smallest absolute Gasteiger partial charge is 0.253 e.